The molecule has 0 amide bonds. The predicted octanol–water partition coefficient (Wildman–Crippen LogP) is 4.51. The summed E-state index contributed by atoms with van der Waals surface area (Å²) >= 11 is 1.85. The van der Waals surface area contributed by atoms with E-state index in [4.69, 9.17) is 13.3 Å². The van der Waals surface area contributed by atoms with Crippen LogP contribution < -0.4 is 0 Å². The highest BCUT2D eigenvalue weighted by atomic mass is 32.1. The van der Waals surface area contributed by atoms with Gasteiger partial charge in [-0.1, -0.05) is 12.5 Å². The highest BCUT2D eigenvalue weighted by Gasteiger charge is 2.39. The maximum Gasteiger partial charge on any atom is 0.500 e. The summed E-state index contributed by atoms with van der Waals surface area (Å²) < 4.78 is 17.6. The van der Waals surface area contributed by atoms with Gasteiger partial charge in [-0.15, -0.1) is 11.3 Å². The monoisotopic (exact) mass is 316 g/mol. The summed E-state index contributed by atoms with van der Waals surface area (Å²) in [5.41, 5.74) is 0. The van der Waals surface area contributed by atoms with Crippen LogP contribution >= 0.6 is 11.3 Å². The van der Waals surface area contributed by atoms with Gasteiger partial charge in [0.2, 0.25) is 0 Å². The zero-order valence-corrected chi connectivity index (χ0v) is 14.8. The quantitative estimate of drug-likeness (QED) is 0.419. The van der Waals surface area contributed by atoms with Crippen LogP contribution in [0.4, 0.5) is 0 Å². The molecule has 0 aliphatic rings. The highest BCUT2D eigenvalue weighted by molar-refractivity contribution is 7.09. The van der Waals surface area contributed by atoms with Gasteiger partial charge in [0, 0.05) is 30.7 Å². The van der Waals surface area contributed by atoms with Crippen LogP contribution in [0.5, 0.6) is 0 Å². The van der Waals surface area contributed by atoms with Gasteiger partial charge in [-0.3, -0.25) is 0 Å². The molecular formula is C15H28O3SSi. The van der Waals surface area contributed by atoms with Crippen molar-refractivity contribution in [3.8, 4) is 0 Å². The van der Waals surface area contributed by atoms with Gasteiger partial charge in [0.25, 0.3) is 0 Å². The molecule has 0 atom stereocenters. The molecular weight excluding hydrogens is 288 g/mol. The second-order valence-corrected chi connectivity index (χ2v) is 8.39. The van der Waals surface area contributed by atoms with Crippen LogP contribution in [0, 0.1) is 0 Å². The lowest BCUT2D eigenvalue weighted by Crippen LogP contribution is -2.45. The van der Waals surface area contributed by atoms with Gasteiger partial charge in [0.1, 0.15) is 0 Å². The average Bonchev–Trinajstić information content (AvgIpc) is 2.92. The number of thiophene rings is 1. The number of aryl methyl sites for hydroxylation is 1. The van der Waals surface area contributed by atoms with Crippen LogP contribution in [0.3, 0.4) is 0 Å². The van der Waals surface area contributed by atoms with E-state index in [1.54, 1.807) is 0 Å². The SMILES string of the molecule is CCO[Si](CCCCCc1cccs1)(OCC)OCC. The van der Waals surface area contributed by atoms with Gasteiger partial charge in [-0.25, -0.2) is 0 Å². The highest BCUT2D eigenvalue weighted by Crippen LogP contribution is 2.21. The lowest BCUT2D eigenvalue weighted by molar-refractivity contribution is 0.0706. The first-order valence-corrected chi connectivity index (χ1v) is 10.5. The average molecular weight is 317 g/mol. The first-order valence-electron chi connectivity index (χ1n) is 7.70. The second kappa shape index (κ2) is 10.5. The summed E-state index contributed by atoms with van der Waals surface area (Å²) in [6, 6.07) is 5.27. The summed E-state index contributed by atoms with van der Waals surface area (Å²) in [7, 11) is -2.41. The predicted molar refractivity (Wildman–Crippen MR) is 87.3 cm³/mol. The molecule has 1 rings (SSSR count). The van der Waals surface area contributed by atoms with E-state index in [0.717, 1.165) is 12.5 Å². The third-order valence-corrected chi connectivity index (χ3v) is 7.17. The summed E-state index contributed by atoms with van der Waals surface area (Å²) in [5, 5.41) is 2.15. The molecule has 1 aromatic heterocycles. The van der Waals surface area contributed by atoms with Crippen LogP contribution in [-0.2, 0) is 19.7 Å². The fourth-order valence-electron chi connectivity index (χ4n) is 2.27. The Morgan fingerprint density at radius 3 is 2.10 bits per heavy atom. The molecule has 0 bridgehead atoms. The minimum atomic E-state index is -2.41. The molecule has 116 valence electrons. The van der Waals surface area contributed by atoms with Gasteiger partial charge in [-0.05, 0) is 51.5 Å². The lowest BCUT2D eigenvalue weighted by Gasteiger charge is -2.28. The molecule has 0 saturated carbocycles. The van der Waals surface area contributed by atoms with Crippen LogP contribution in [0.15, 0.2) is 17.5 Å². The van der Waals surface area contributed by atoms with Crippen LogP contribution in [0.2, 0.25) is 6.04 Å². The molecule has 0 radical (unpaired) electrons. The molecule has 0 fully saturated rings. The Morgan fingerprint density at radius 1 is 0.950 bits per heavy atom. The van der Waals surface area contributed by atoms with Crippen molar-refractivity contribution in [1.29, 1.82) is 0 Å². The molecule has 0 aliphatic heterocycles. The van der Waals surface area contributed by atoms with E-state index in [2.05, 4.69) is 17.5 Å². The Morgan fingerprint density at radius 2 is 1.60 bits per heavy atom. The maximum atomic E-state index is 5.86. The molecule has 0 N–H and O–H groups in total. The van der Waals surface area contributed by atoms with E-state index in [1.165, 1.54) is 24.1 Å². The van der Waals surface area contributed by atoms with Gasteiger partial charge < -0.3 is 13.3 Å². The smallest absolute Gasteiger partial charge is 0.374 e. The van der Waals surface area contributed by atoms with Gasteiger partial charge in [-0.2, -0.15) is 0 Å². The second-order valence-electron chi connectivity index (χ2n) is 4.62. The lowest BCUT2D eigenvalue weighted by atomic mass is 10.2. The van der Waals surface area contributed by atoms with Crippen molar-refractivity contribution >= 4 is 20.1 Å². The van der Waals surface area contributed by atoms with Crippen molar-refractivity contribution in [2.24, 2.45) is 0 Å². The van der Waals surface area contributed by atoms with Crippen molar-refractivity contribution in [1.82, 2.24) is 0 Å². The summed E-state index contributed by atoms with van der Waals surface area (Å²) in [6.45, 7) is 8.04. The standard InChI is InChI=1S/C15H28O3SSi/c1-4-16-20(17-5-2,18-6-3)14-9-7-8-11-15-12-10-13-19-15/h10,12-13H,4-9,11,14H2,1-3H3. The van der Waals surface area contributed by atoms with E-state index in [0.29, 0.717) is 19.8 Å². The number of unbranched alkanes of at least 4 members (excludes halogenated alkanes) is 2. The molecule has 1 heterocycles. The Hall–Kier alpha value is -0.203. The zero-order chi connectivity index (χ0) is 14.7. The molecule has 0 unspecified atom stereocenters. The summed E-state index contributed by atoms with van der Waals surface area (Å²) in [5.74, 6) is 0. The Labute approximate surface area is 128 Å². The number of hydrogen-bond donors (Lipinski definition) is 0. The van der Waals surface area contributed by atoms with E-state index >= 15 is 0 Å². The Kier molecular flexibility index (Phi) is 9.38. The molecule has 0 spiro atoms. The van der Waals surface area contributed by atoms with Crippen LogP contribution in [0.1, 0.15) is 44.9 Å². The summed E-state index contributed by atoms with van der Waals surface area (Å²) in [6.07, 6.45) is 4.75. The first kappa shape index (κ1) is 17.8. The van der Waals surface area contributed by atoms with Gasteiger partial charge in [0.05, 0.1) is 0 Å². The van der Waals surface area contributed by atoms with E-state index in [-0.39, 0.29) is 0 Å². The molecule has 5 heteroatoms. The number of rotatable bonds is 12. The van der Waals surface area contributed by atoms with Gasteiger partial charge >= 0.3 is 8.80 Å². The Bertz CT molecular complexity index is 313. The van der Waals surface area contributed by atoms with E-state index in [9.17, 15) is 0 Å². The zero-order valence-electron chi connectivity index (χ0n) is 13.0. The molecule has 3 nitrogen and oxygen atoms in total. The van der Waals surface area contributed by atoms with Crippen LogP contribution in [-0.4, -0.2) is 28.6 Å². The molecule has 1 aromatic rings. The molecule has 0 aliphatic carbocycles. The topological polar surface area (TPSA) is 27.7 Å². The maximum absolute atomic E-state index is 5.86. The van der Waals surface area contributed by atoms with E-state index in [1.807, 2.05) is 32.1 Å². The van der Waals surface area contributed by atoms with Crippen molar-refractivity contribution in [2.45, 2.75) is 52.5 Å². The minimum Gasteiger partial charge on any atom is -0.374 e. The minimum absolute atomic E-state index is 0.668. The molecule has 0 saturated heterocycles. The third-order valence-electron chi connectivity index (χ3n) is 3.08. The fourth-order valence-corrected chi connectivity index (χ4v) is 5.71. The van der Waals surface area contributed by atoms with E-state index < -0.39 is 8.80 Å². The Balaban J connectivity index is 2.29. The largest absolute Gasteiger partial charge is 0.500 e. The van der Waals surface area contributed by atoms with Crippen molar-refractivity contribution < 1.29 is 13.3 Å². The normalized spacial score (nSPS) is 11.9. The summed E-state index contributed by atoms with van der Waals surface area (Å²) in [4.78, 5) is 1.48. The molecule has 0 aromatic carbocycles. The third kappa shape index (κ3) is 6.50. The molecule has 20 heavy (non-hydrogen) atoms. The van der Waals surface area contributed by atoms with Crippen LogP contribution in [0.25, 0.3) is 0 Å². The fraction of sp³-hybridized carbons (Fsp3) is 0.733. The first-order chi connectivity index (χ1) is 9.76. The number of hydrogen-bond acceptors (Lipinski definition) is 4. The van der Waals surface area contributed by atoms with Crippen molar-refractivity contribution in [3.63, 3.8) is 0 Å². The van der Waals surface area contributed by atoms with Crippen molar-refractivity contribution in [3.05, 3.63) is 22.4 Å². The van der Waals surface area contributed by atoms with Gasteiger partial charge in [0.15, 0.2) is 0 Å². The van der Waals surface area contributed by atoms with Crippen molar-refractivity contribution in [2.75, 3.05) is 19.8 Å².